The third-order valence-corrected chi connectivity index (χ3v) is 10.2. The topological polar surface area (TPSA) is 168 Å². The van der Waals surface area contributed by atoms with E-state index in [1.165, 1.54) is 0 Å². The number of aromatic amines is 1. The summed E-state index contributed by atoms with van der Waals surface area (Å²) in [5.74, 6) is 1.57. The van der Waals surface area contributed by atoms with Crippen molar-refractivity contribution in [3.8, 4) is 22.4 Å². The monoisotopic (exact) mass is 703 g/mol. The zero-order valence-corrected chi connectivity index (χ0v) is 29.7. The molecule has 51 heavy (non-hydrogen) atoms. The van der Waals surface area contributed by atoms with Crippen LogP contribution in [0.3, 0.4) is 0 Å². The molecule has 0 radical (unpaired) electrons. The zero-order chi connectivity index (χ0) is 35.5. The second-order valence-corrected chi connectivity index (χ2v) is 14.3. The normalized spacial score (nSPS) is 22.3. The molecule has 0 bridgehead atoms. The van der Waals surface area contributed by atoms with E-state index in [9.17, 15) is 9.59 Å². The van der Waals surface area contributed by atoms with Gasteiger partial charge in [-0.15, -0.1) is 0 Å². The average Bonchev–Trinajstić information content (AvgIpc) is 3.87. The molecule has 0 aliphatic carbocycles. The number of aromatic nitrogens is 4. The first-order valence-corrected chi connectivity index (χ1v) is 18.1. The van der Waals surface area contributed by atoms with E-state index in [-0.39, 0.29) is 55.4 Å². The first kappa shape index (κ1) is 35.4. The van der Waals surface area contributed by atoms with Gasteiger partial charge in [0.1, 0.15) is 5.82 Å². The van der Waals surface area contributed by atoms with Gasteiger partial charge in [-0.1, -0.05) is 52.0 Å². The van der Waals surface area contributed by atoms with E-state index in [1.807, 2.05) is 80.4 Å². The molecule has 0 saturated carbocycles. The number of imidazole rings is 1. The minimum Gasteiger partial charge on any atom is -0.352 e. The van der Waals surface area contributed by atoms with Gasteiger partial charge < -0.3 is 39.0 Å². The molecule has 4 fully saturated rings. The van der Waals surface area contributed by atoms with E-state index >= 15 is 0 Å². The zero-order valence-electron chi connectivity index (χ0n) is 29.7. The number of carbonyl (C=O) groups excluding carboxylic acids is 2. The van der Waals surface area contributed by atoms with Gasteiger partial charge in [0.2, 0.25) is 30.6 Å². The van der Waals surface area contributed by atoms with Crippen LogP contribution in [0.15, 0.2) is 42.9 Å². The molecule has 6 heterocycles. The second kappa shape index (κ2) is 15.7. The van der Waals surface area contributed by atoms with Crippen molar-refractivity contribution >= 4 is 17.8 Å². The molecule has 274 valence electrons. The van der Waals surface area contributed by atoms with Gasteiger partial charge in [0.25, 0.3) is 0 Å². The van der Waals surface area contributed by atoms with Crippen LogP contribution in [0.25, 0.3) is 22.4 Å². The number of anilines is 1. The fraction of sp³-hybridized carbons (Fsp3) is 0.583. The van der Waals surface area contributed by atoms with Gasteiger partial charge in [-0.3, -0.25) is 20.2 Å². The summed E-state index contributed by atoms with van der Waals surface area (Å²) in [6.07, 6.45) is 8.02. The predicted molar refractivity (Wildman–Crippen MR) is 187 cm³/mol. The molecule has 4 atom stereocenters. The SMILES string of the molecule is CC(C)[C@H](NC1OCO1)C(=O)N1CCC[C@H]1CNc1ncc(-c2ccc(-c3cnc([C@@H]4CCCN4C(=O)[C@@H](NC4OCO4)C(C)C)[nH]3)cc2)cn1. The Kier molecular flexibility index (Phi) is 10.9. The molecule has 1 aromatic carbocycles. The van der Waals surface area contributed by atoms with E-state index in [0.29, 0.717) is 19.0 Å². The van der Waals surface area contributed by atoms with Crippen molar-refractivity contribution in [3.63, 3.8) is 0 Å². The van der Waals surface area contributed by atoms with Gasteiger partial charge in [-0.2, -0.15) is 0 Å². The fourth-order valence-corrected chi connectivity index (χ4v) is 7.14. The molecular formula is C36H49N9O6. The van der Waals surface area contributed by atoms with Crippen molar-refractivity contribution in [1.82, 2.24) is 40.4 Å². The van der Waals surface area contributed by atoms with Gasteiger partial charge in [0.15, 0.2) is 13.6 Å². The molecule has 4 aliphatic rings. The molecule has 7 rings (SSSR count). The molecule has 4 saturated heterocycles. The summed E-state index contributed by atoms with van der Waals surface area (Å²) < 4.78 is 21.3. The number of amides is 2. The molecule has 0 spiro atoms. The van der Waals surface area contributed by atoms with Crippen LogP contribution < -0.4 is 16.0 Å². The largest absolute Gasteiger partial charge is 0.352 e. The van der Waals surface area contributed by atoms with Gasteiger partial charge in [-0.25, -0.2) is 15.0 Å². The van der Waals surface area contributed by atoms with Gasteiger partial charge in [0, 0.05) is 43.6 Å². The van der Waals surface area contributed by atoms with Crippen LogP contribution in [0.2, 0.25) is 0 Å². The maximum Gasteiger partial charge on any atom is 0.240 e. The number of ether oxygens (including phenoxy) is 4. The lowest BCUT2D eigenvalue weighted by Gasteiger charge is -2.35. The summed E-state index contributed by atoms with van der Waals surface area (Å²) in [4.78, 5) is 48.2. The molecule has 15 nitrogen and oxygen atoms in total. The number of benzene rings is 1. The Labute approximate surface area is 298 Å². The molecule has 4 N–H and O–H groups in total. The quantitative estimate of drug-likeness (QED) is 0.194. The first-order valence-electron chi connectivity index (χ1n) is 18.1. The third-order valence-electron chi connectivity index (χ3n) is 10.2. The fourth-order valence-electron chi connectivity index (χ4n) is 7.14. The number of nitrogens with zero attached hydrogens (tertiary/aromatic N) is 5. The number of rotatable bonds is 14. The Morgan fingerprint density at radius 3 is 1.92 bits per heavy atom. The number of nitrogens with one attached hydrogen (secondary N) is 4. The van der Waals surface area contributed by atoms with Gasteiger partial charge >= 0.3 is 0 Å². The van der Waals surface area contributed by atoms with E-state index in [2.05, 4.69) is 30.9 Å². The minimum absolute atomic E-state index is 0.0339. The first-order chi connectivity index (χ1) is 24.7. The third kappa shape index (κ3) is 7.93. The Hall–Kier alpha value is -3.99. The van der Waals surface area contributed by atoms with Crippen molar-refractivity contribution in [2.75, 3.05) is 38.5 Å². The summed E-state index contributed by atoms with van der Waals surface area (Å²) in [6.45, 7) is 10.6. The number of hydrogen-bond acceptors (Lipinski definition) is 12. The number of hydrogen-bond donors (Lipinski definition) is 4. The highest BCUT2D eigenvalue weighted by atomic mass is 16.9. The van der Waals surface area contributed by atoms with Crippen LogP contribution >= 0.6 is 0 Å². The standard InChI is InChI=1S/C36H49N9O6/c1-21(2)29(42-35-48-19-49-35)32(46)44-13-5-7-26(44)17-40-34-38-15-25(16-39-34)23-9-11-24(12-10-23)27-18-37-31(41-27)28-8-6-14-45(28)33(47)30(22(3)4)43-36-50-20-51-36/h9-12,15-16,18,21-22,26,28-30,35-36,42-43H,5-8,13-14,17,19-20H2,1-4H3,(H,37,41)(H,38,39,40)/t26-,28-,29-,30-/m0/s1. The van der Waals surface area contributed by atoms with E-state index in [0.717, 1.165) is 60.4 Å². The highest BCUT2D eigenvalue weighted by Crippen LogP contribution is 2.33. The molecule has 2 amide bonds. The average molecular weight is 704 g/mol. The lowest BCUT2D eigenvalue weighted by Crippen LogP contribution is -2.57. The van der Waals surface area contributed by atoms with E-state index < -0.39 is 18.9 Å². The van der Waals surface area contributed by atoms with Crippen LogP contribution in [0, 0.1) is 11.8 Å². The lowest BCUT2D eigenvalue weighted by molar-refractivity contribution is -0.335. The summed E-state index contributed by atoms with van der Waals surface area (Å²) in [5.41, 5.74) is 3.77. The van der Waals surface area contributed by atoms with Crippen molar-refractivity contribution in [2.45, 2.75) is 90.4 Å². The Morgan fingerprint density at radius 1 is 0.765 bits per heavy atom. The summed E-state index contributed by atoms with van der Waals surface area (Å²) in [6, 6.07) is 7.31. The molecule has 3 aromatic rings. The molecular weight excluding hydrogens is 654 g/mol. The van der Waals surface area contributed by atoms with Crippen molar-refractivity contribution in [2.24, 2.45) is 11.8 Å². The number of likely N-dealkylation sites (tertiary alicyclic amines) is 2. The molecule has 4 aliphatic heterocycles. The van der Waals surface area contributed by atoms with E-state index in [4.69, 9.17) is 23.9 Å². The maximum absolute atomic E-state index is 13.6. The van der Waals surface area contributed by atoms with Crippen LogP contribution in [-0.4, -0.2) is 106 Å². The van der Waals surface area contributed by atoms with Crippen molar-refractivity contribution in [1.29, 1.82) is 0 Å². The van der Waals surface area contributed by atoms with Crippen molar-refractivity contribution < 1.29 is 28.5 Å². The molecule has 15 heteroatoms. The Bertz CT molecular complexity index is 1630. The van der Waals surface area contributed by atoms with Crippen molar-refractivity contribution in [3.05, 3.63) is 48.7 Å². The highest BCUT2D eigenvalue weighted by molar-refractivity contribution is 5.83. The van der Waals surface area contributed by atoms with Crippen LogP contribution in [0.1, 0.15) is 65.2 Å². The van der Waals surface area contributed by atoms with Crippen LogP contribution in [0.4, 0.5) is 5.95 Å². The van der Waals surface area contributed by atoms with Crippen LogP contribution in [0.5, 0.6) is 0 Å². The Morgan fingerprint density at radius 2 is 1.33 bits per heavy atom. The molecule has 0 unspecified atom stereocenters. The second-order valence-electron chi connectivity index (χ2n) is 14.3. The van der Waals surface area contributed by atoms with E-state index in [1.54, 1.807) is 0 Å². The van der Waals surface area contributed by atoms with Gasteiger partial charge in [-0.05, 0) is 48.6 Å². The number of H-pyrrole nitrogens is 1. The predicted octanol–water partition coefficient (Wildman–Crippen LogP) is 3.40. The Balaban J connectivity index is 0.940. The summed E-state index contributed by atoms with van der Waals surface area (Å²) >= 11 is 0. The molecule has 2 aromatic heterocycles. The summed E-state index contributed by atoms with van der Waals surface area (Å²) in [7, 11) is 0. The van der Waals surface area contributed by atoms with Gasteiger partial charge in [0.05, 0.1) is 30.0 Å². The number of carbonyl (C=O) groups is 2. The lowest BCUT2D eigenvalue weighted by atomic mass is 10.0. The highest BCUT2D eigenvalue weighted by Gasteiger charge is 2.39. The van der Waals surface area contributed by atoms with Crippen LogP contribution in [-0.2, 0) is 28.5 Å². The summed E-state index contributed by atoms with van der Waals surface area (Å²) in [5, 5.41) is 9.71. The maximum atomic E-state index is 13.6. The minimum atomic E-state index is -0.539. The smallest absolute Gasteiger partial charge is 0.240 e.